The van der Waals surface area contributed by atoms with Crippen molar-refractivity contribution < 1.29 is 4.79 Å². The molecule has 1 aliphatic rings. The van der Waals surface area contributed by atoms with Crippen molar-refractivity contribution >= 4 is 11.7 Å². The molecule has 0 saturated carbocycles. The van der Waals surface area contributed by atoms with E-state index in [4.69, 9.17) is 0 Å². The normalized spacial score (nSPS) is 16.7. The molecular formula is C19H21N7O2. The van der Waals surface area contributed by atoms with Crippen molar-refractivity contribution in [3.05, 3.63) is 64.7 Å². The molecule has 1 unspecified atom stereocenters. The number of anilines is 1. The lowest BCUT2D eigenvalue weighted by atomic mass is 10.0. The smallest absolute Gasteiger partial charge is 0.273 e. The van der Waals surface area contributed by atoms with Crippen molar-refractivity contribution in [2.45, 2.75) is 25.3 Å². The summed E-state index contributed by atoms with van der Waals surface area (Å²) in [6.45, 7) is 1.31. The first-order chi connectivity index (χ1) is 13.7. The van der Waals surface area contributed by atoms with Gasteiger partial charge < -0.3 is 10.2 Å². The van der Waals surface area contributed by atoms with Crippen LogP contribution in [0.5, 0.6) is 0 Å². The molecule has 2 N–H and O–H groups in total. The van der Waals surface area contributed by atoms with E-state index in [1.807, 2.05) is 30.3 Å². The van der Waals surface area contributed by atoms with Gasteiger partial charge in [-0.15, -0.1) is 5.10 Å². The number of rotatable bonds is 5. The zero-order valence-electron chi connectivity index (χ0n) is 15.3. The highest BCUT2D eigenvalue weighted by Gasteiger charge is 2.24. The fourth-order valence-corrected chi connectivity index (χ4v) is 3.37. The Morgan fingerprint density at radius 3 is 2.82 bits per heavy atom. The van der Waals surface area contributed by atoms with Crippen molar-refractivity contribution in [1.29, 1.82) is 0 Å². The summed E-state index contributed by atoms with van der Waals surface area (Å²) in [5.74, 6) is 0.454. The summed E-state index contributed by atoms with van der Waals surface area (Å²) in [5.41, 5.74) is 0.838. The minimum atomic E-state index is -0.262. The van der Waals surface area contributed by atoms with E-state index in [1.54, 1.807) is 6.07 Å². The molecule has 1 atom stereocenters. The third kappa shape index (κ3) is 3.93. The van der Waals surface area contributed by atoms with Crippen LogP contribution in [-0.2, 0) is 0 Å². The van der Waals surface area contributed by atoms with Gasteiger partial charge in [0.1, 0.15) is 5.82 Å². The Hall–Kier alpha value is -3.49. The Kier molecular flexibility index (Phi) is 5.14. The van der Waals surface area contributed by atoms with Crippen molar-refractivity contribution in [2.24, 2.45) is 0 Å². The molecule has 9 nitrogen and oxygen atoms in total. The summed E-state index contributed by atoms with van der Waals surface area (Å²) in [5, 5.41) is 18.0. The number of benzene rings is 1. The first kappa shape index (κ1) is 17.9. The van der Waals surface area contributed by atoms with E-state index in [1.165, 1.54) is 17.1 Å². The molecule has 28 heavy (non-hydrogen) atoms. The highest BCUT2D eigenvalue weighted by Crippen LogP contribution is 2.21. The predicted octanol–water partition coefficient (Wildman–Crippen LogP) is 1.14. The van der Waals surface area contributed by atoms with Crippen LogP contribution in [0.15, 0.2) is 53.5 Å². The maximum absolute atomic E-state index is 12.5. The Morgan fingerprint density at radius 1 is 1.18 bits per heavy atom. The first-order valence-corrected chi connectivity index (χ1v) is 9.29. The van der Waals surface area contributed by atoms with Crippen LogP contribution in [-0.4, -0.2) is 50.2 Å². The minimum Gasteiger partial charge on any atom is -0.350 e. The van der Waals surface area contributed by atoms with Crippen LogP contribution >= 0.6 is 0 Å². The number of aromatic nitrogens is 5. The summed E-state index contributed by atoms with van der Waals surface area (Å²) in [7, 11) is 0. The number of amides is 1. The van der Waals surface area contributed by atoms with Crippen LogP contribution in [0.25, 0.3) is 5.69 Å². The lowest BCUT2D eigenvalue weighted by Gasteiger charge is -2.36. The van der Waals surface area contributed by atoms with Gasteiger partial charge >= 0.3 is 0 Å². The van der Waals surface area contributed by atoms with Gasteiger partial charge in [0.15, 0.2) is 5.69 Å². The standard InChI is InChI=1S/C19H21N7O2/c27-18-10-9-17(22-23-18)25-11-5-4-8-15(25)12-20-19(28)16-13-21-26(24-16)14-6-2-1-3-7-14/h1-3,6-7,9-10,13,15H,4-5,8,11-12H2,(H,20,28)(H,23,27). The fraction of sp³-hybridized carbons (Fsp3) is 0.316. The maximum Gasteiger partial charge on any atom is 0.273 e. The van der Waals surface area contributed by atoms with E-state index in [-0.39, 0.29) is 23.2 Å². The lowest BCUT2D eigenvalue weighted by Crippen LogP contribution is -2.47. The Labute approximate surface area is 161 Å². The molecule has 9 heteroatoms. The second-order valence-corrected chi connectivity index (χ2v) is 6.69. The van der Waals surface area contributed by atoms with Crippen molar-refractivity contribution in [3.8, 4) is 5.69 Å². The molecule has 2 aromatic heterocycles. The van der Waals surface area contributed by atoms with Crippen LogP contribution < -0.4 is 15.8 Å². The predicted molar refractivity (Wildman–Crippen MR) is 104 cm³/mol. The number of piperidine rings is 1. The number of hydrogen-bond donors (Lipinski definition) is 2. The van der Waals surface area contributed by atoms with Crippen molar-refractivity contribution in [2.75, 3.05) is 18.0 Å². The molecule has 0 radical (unpaired) electrons. The molecule has 1 fully saturated rings. The van der Waals surface area contributed by atoms with Gasteiger partial charge in [-0.1, -0.05) is 18.2 Å². The molecule has 3 heterocycles. The quantitative estimate of drug-likeness (QED) is 0.688. The summed E-state index contributed by atoms with van der Waals surface area (Å²) in [6, 6.07) is 12.7. The van der Waals surface area contributed by atoms with Gasteiger partial charge in [0.25, 0.3) is 11.5 Å². The molecule has 144 valence electrons. The third-order valence-electron chi connectivity index (χ3n) is 4.80. The molecule has 1 saturated heterocycles. The van der Waals surface area contributed by atoms with E-state index in [0.29, 0.717) is 12.4 Å². The Morgan fingerprint density at radius 2 is 2.04 bits per heavy atom. The Bertz CT molecular complexity index is 978. The van der Waals surface area contributed by atoms with E-state index in [0.717, 1.165) is 31.5 Å². The second-order valence-electron chi connectivity index (χ2n) is 6.69. The molecule has 0 spiro atoms. The molecule has 4 rings (SSSR count). The van der Waals surface area contributed by atoms with Gasteiger partial charge in [-0.05, 0) is 37.5 Å². The molecule has 0 aliphatic carbocycles. The van der Waals surface area contributed by atoms with Crippen LogP contribution in [0, 0.1) is 0 Å². The van der Waals surface area contributed by atoms with E-state index in [2.05, 4.69) is 30.6 Å². The molecule has 0 bridgehead atoms. The SMILES string of the molecule is O=C(NCC1CCCCN1c1ccc(=O)[nH]n1)c1cnn(-c2ccccc2)n1. The molecule has 1 aromatic carbocycles. The van der Waals surface area contributed by atoms with E-state index < -0.39 is 0 Å². The van der Waals surface area contributed by atoms with E-state index in [9.17, 15) is 9.59 Å². The van der Waals surface area contributed by atoms with Gasteiger partial charge in [0, 0.05) is 25.2 Å². The third-order valence-corrected chi connectivity index (χ3v) is 4.80. The maximum atomic E-state index is 12.5. The van der Waals surface area contributed by atoms with Gasteiger partial charge in [0.2, 0.25) is 0 Å². The number of aromatic amines is 1. The summed E-state index contributed by atoms with van der Waals surface area (Å²) >= 11 is 0. The van der Waals surface area contributed by atoms with Gasteiger partial charge in [-0.3, -0.25) is 9.59 Å². The largest absolute Gasteiger partial charge is 0.350 e. The van der Waals surface area contributed by atoms with Gasteiger partial charge in [-0.25, -0.2) is 5.10 Å². The number of nitrogens with one attached hydrogen (secondary N) is 2. The second kappa shape index (κ2) is 8.03. The average Bonchev–Trinajstić information content (AvgIpc) is 3.24. The number of nitrogens with zero attached hydrogens (tertiary/aromatic N) is 5. The Balaban J connectivity index is 1.41. The minimum absolute atomic E-state index is 0.111. The molecule has 1 aliphatic heterocycles. The number of carbonyl (C=O) groups excluding carboxylic acids is 1. The van der Waals surface area contributed by atoms with Crippen LogP contribution in [0.4, 0.5) is 5.82 Å². The fourth-order valence-electron chi connectivity index (χ4n) is 3.37. The topological polar surface area (TPSA) is 109 Å². The van der Waals surface area contributed by atoms with Gasteiger partial charge in [0.05, 0.1) is 11.9 Å². The highest BCUT2D eigenvalue weighted by molar-refractivity contribution is 5.91. The zero-order valence-corrected chi connectivity index (χ0v) is 15.3. The van der Waals surface area contributed by atoms with E-state index >= 15 is 0 Å². The van der Waals surface area contributed by atoms with Crippen LogP contribution in [0.3, 0.4) is 0 Å². The monoisotopic (exact) mass is 379 g/mol. The molecular weight excluding hydrogens is 358 g/mol. The van der Waals surface area contributed by atoms with Crippen LogP contribution in [0.1, 0.15) is 29.8 Å². The van der Waals surface area contributed by atoms with Crippen molar-refractivity contribution in [3.63, 3.8) is 0 Å². The number of carbonyl (C=O) groups is 1. The van der Waals surface area contributed by atoms with Crippen molar-refractivity contribution in [1.82, 2.24) is 30.5 Å². The number of hydrogen-bond acceptors (Lipinski definition) is 6. The first-order valence-electron chi connectivity index (χ1n) is 9.29. The average molecular weight is 379 g/mol. The van der Waals surface area contributed by atoms with Gasteiger partial charge in [-0.2, -0.15) is 15.0 Å². The summed E-state index contributed by atoms with van der Waals surface area (Å²) < 4.78 is 0. The summed E-state index contributed by atoms with van der Waals surface area (Å²) in [6.07, 6.45) is 4.55. The summed E-state index contributed by atoms with van der Waals surface area (Å²) in [4.78, 5) is 27.3. The zero-order chi connectivity index (χ0) is 19.3. The van der Waals surface area contributed by atoms with Crippen LogP contribution in [0.2, 0.25) is 0 Å². The molecule has 3 aromatic rings. The molecule has 1 amide bonds. The number of para-hydroxylation sites is 1. The lowest BCUT2D eigenvalue weighted by molar-refractivity contribution is 0.0944. The highest BCUT2D eigenvalue weighted by atomic mass is 16.2. The number of H-pyrrole nitrogens is 1.